The molecule has 2 aromatic rings. The van der Waals surface area contributed by atoms with Crippen LogP contribution in [0.4, 0.5) is 0 Å². The monoisotopic (exact) mass is 384 g/mol. The summed E-state index contributed by atoms with van der Waals surface area (Å²) >= 11 is 1.14. The third-order valence-corrected chi connectivity index (χ3v) is 5.22. The first-order chi connectivity index (χ1) is 13.0. The lowest BCUT2D eigenvalue weighted by Crippen LogP contribution is -2.16. The average molecular weight is 384 g/mol. The maximum atomic E-state index is 12.7. The van der Waals surface area contributed by atoms with Gasteiger partial charge < -0.3 is 14.9 Å². The Morgan fingerprint density at radius 1 is 0.926 bits per heavy atom. The number of unbranched alkanes of at least 4 members (excludes halogenated alkanes) is 2. The summed E-state index contributed by atoms with van der Waals surface area (Å²) in [6, 6.07) is 9.68. The van der Waals surface area contributed by atoms with Gasteiger partial charge in [-0.2, -0.15) is 0 Å². The molecule has 140 valence electrons. The van der Waals surface area contributed by atoms with E-state index < -0.39 is 11.6 Å². The zero-order valence-electron chi connectivity index (χ0n) is 14.9. The number of ketones is 2. The molecule has 0 spiro atoms. The van der Waals surface area contributed by atoms with Crippen molar-refractivity contribution in [2.45, 2.75) is 31.1 Å². The van der Waals surface area contributed by atoms with Crippen LogP contribution in [-0.4, -0.2) is 28.4 Å². The molecule has 2 N–H and O–H groups in total. The van der Waals surface area contributed by atoms with Crippen molar-refractivity contribution >= 4 is 23.3 Å². The Morgan fingerprint density at radius 2 is 1.59 bits per heavy atom. The Kier molecular flexibility index (Phi) is 5.86. The van der Waals surface area contributed by atoms with Crippen LogP contribution in [0.5, 0.6) is 17.2 Å². The van der Waals surface area contributed by atoms with Crippen molar-refractivity contribution in [3.05, 3.63) is 58.5 Å². The summed E-state index contributed by atoms with van der Waals surface area (Å²) in [5.74, 6) is -0.864. The van der Waals surface area contributed by atoms with Crippen LogP contribution in [0, 0.1) is 0 Å². The van der Waals surface area contributed by atoms with Gasteiger partial charge in [-0.05, 0) is 42.8 Å². The van der Waals surface area contributed by atoms with Gasteiger partial charge >= 0.3 is 0 Å². The fraction of sp³-hybridized carbons (Fsp3) is 0.238. The number of phenolic OH excluding ortho intramolecular Hbond substituents is 2. The molecular weight excluding hydrogens is 364 g/mol. The molecule has 0 amide bonds. The van der Waals surface area contributed by atoms with Crippen LogP contribution >= 0.6 is 11.8 Å². The lowest BCUT2D eigenvalue weighted by molar-refractivity contribution is 0.0986. The van der Waals surface area contributed by atoms with Crippen LogP contribution in [0.15, 0.2) is 52.3 Å². The fourth-order valence-electron chi connectivity index (χ4n) is 2.79. The first-order valence-corrected chi connectivity index (χ1v) is 9.59. The summed E-state index contributed by atoms with van der Waals surface area (Å²) in [5.41, 5.74) is -0.305. The van der Waals surface area contributed by atoms with Crippen LogP contribution in [0.3, 0.4) is 0 Å². The largest absolute Gasteiger partial charge is 0.507 e. The number of aromatic hydroxyl groups is 2. The molecule has 2 aromatic carbocycles. The van der Waals surface area contributed by atoms with E-state index in [4.69, 9.17) is 4.74 Å². The van der Waals surface area contributed by atoms with E-state index in [2.05, 4.69) is 6.92 Å². The number of rotatable bonds is 7. The molecule has 27 heavy (non-hydrogen) atoms. The molecule has 0 unspecified atom stereocenters. The standard InChI is InChI=1S/C21H20O5S/c1-2-3-4-11-26-13-5-7-14(8-6-13)27-18-12-17(24)19-15(22)9-10-16(23)20(19)21(18)25/h5-10,12,22-23H,2-4,11H2,1H3. The molecule has 0 heterocycles. The number of ether oxygens (including phenoxy) is 1. The van der Waals surface area contributed by atoms with Gasteiger partial charge in [-0.25, -0.2) is 0 Å². The van der Waals surface area contributed by atoms with E-state index in [9.17, 15) is 19.8 Å². The zero-order chi connectivity index (χ0) is 19.4. The van der Waals surface area contributed by atoms with Gasteiger partial charge in [-0.1, -0.05) is 31.5 Å². The second-order valence-corrected chi connectivity index (χ2v) is 7.30. The molecule has 0 aliphatic heterocycles. The molecule has 0 radical (unpaired) electrons. The fourth-order valence-corrected chi connectivity index (χ4v) is 3.68. The van der Waals surface area contributed by atoms with E-state index in [-0.39, 0.29) is 27.5 Å². The number of hydrogen-bond donors (Lipinski definition) is 2. The molecule has 5 nitrogen and oxygen atoms in total. The molecule has 1 aliphatic rings. The third-order valence-electron chi connectivity index (χ3n) is 4.19. The molecule has 0 atom stereocenters. The number of carbonyl (C=O) groups excluding carboxylic acids is 2. The van der Waals surface area contributed by atoms with Gasteiger partial charge in [0, 0.05) is 11.0 Å². The minimum Gasteiger partial charge on any atom is -0.507 e. The predicted molar refractivity (Wildman–Crippen MR) is 104 cm³/mol. The van der Waals surface area contributed by atoms with Gasteiger partial charge in [0.1, 0.15) is 17.2 Å². The van der Waals surface area contributed by atoms with Crippen molar-refractivity contribution in [1.82, 2.24) is 0 Å². The highest BCUT2D eigenvalue weighted by atomic mass is 32.2. The van der Waals surface area contributed by atoms with Crippen molar-refractivity contribution in [3.8, 4) is 17.2 Å². The number of hydrogen-bond acceptors (Lipinski definition) is 6. The molecule has 0 fully saturated rings. The highest BCUT2D eigenvalue weighted by molar-refractivity contribution is 8.04. The maximum Gasteiger partial charge on any atom is 0.204 e. The molecule has 0 saturated heterocycles. The number of thioether (sulfide) groups is 1. The van der Waals surface area contributed by atoms with Gasteiger partial charge in [0.05, 0.1) is 22.6 Å². The molecule has 0 saturated carbocycles. The minimum atomic E-state index is -0.503. The van der Waals surface area contributed by atoms with Gasteiger partial charge in [0.25, 0.3) is 0 Å². The van der Waals surface area contributed by atoms with Crippen molar-refractivity contribution in [2.75, 3.05) is 6.61 Å². The van der Waals surface area contributed by atoms with Crippen LogP contribution in [0.2, 0.25) is 0 Å². The van der Waals surface area contributed by atoms with Gasteiger partial charge in [-0.3, -0.25) is 9.59 Å². The summed E-state index contributed by atoms with van der Waals surface area (Å²) in [5, 5.41) is 19.8. The van der Waals surface area contributed by atoms with E-state index in [0.717, 1.165) is 41.7 Å². The first kappa shape index (κ1) is 19.0. The Labute approximate surface area is 161 Å². The van der Waals surface area contributed by atoms with Gasteiger partial charge in [-0.15, -0.1) is 0 Å². The van der Waals surface area contributed by atoms with Crippen molar-refractivity contribution < 1.29 is 24.5 Å². The third kappa shape index (κ3) is 4.17. The Balaban J connectivity index is 1.74. The quantitative estimate of drug-likeness (QED) is 0.531. The van der Waals surface area contributed by atoms with Crippen LogP contribution in [0.1, 0.15) is 46.9 Å². The van der Waals surface area contributed by atoms with Crippen molar-refractivity contribution in [3.63, 3.8) is 0 Å². The number of Topliss-reactive ketones (excluding diaryl/α,β-unsaturated/α-hetero) is 1. The number of carbonyl (C=O) groups is 2. The lowest BCUT2D eigenvalue weighted by atomic mass is 9.93. The second kappa shape index (κ2) is 8.31. The van der Waals surface area contributed by atoms with E-state index >= 15 is 0 Å². The summed E-state index contributed by atoms with van der Waals surface area (Å²) in [6.45, 7) is 2.80. The van der Waals surface area contributed by atoms with Crippen LogP contribution in [0.25, 0.3) is 0 Å². The topological polar surface area (TPSA) is 83.8 Å². The first-order valence-electron chi connectivity index (χ1n) is 8.77. The van der Waals surface area contributed by atoms with E-state index in [1.807, 2.05) is 24.3 Å². The number of fused-ring (bicyclic) bond motifs is 1. The number of benzene rings is 2. The minimum absolute atomic E-state index is 0.152. The average Bonchev–Trinajstić information content (AvgIpc) is 2.66. The summed E-state index contributed by atoms with van der Waals surface area (Å²) in [6.07, 6.45) is 4.47. The Bertz CT molecular complexity index is 900. The highest BCUT2D eigenvalue weighted by Crippen LogP contribution is 2.39. The van der Waals surface area contributed by atoms with E-state index in [1.54, 1.807) is 0 Å². The summed E-state index contributed by atoms with van der Waals surface area (Å²) in [7, 11) is 0. The van der Waals surface area contributed by atoms with Crippen molar-refractivity contribution in [1.29, 1.82) is 0 Å². The Morgan fingerprint density at radius 3 is 2.26 bits per heavy atom. The van der Waals surface area contributed by atoms with Gasteiger partial charge in [0.2, 0.25) is 5.78 Å². The Hall–Kier alpha value is -2.73. The van der Waals surface area contributed by atoms with Crippen molar-refractivity contribution in [2.24, 2.45) is 0 Å². The normalized spacial score (nSPS) is 13.3. The second-order valence-electron chi connectivity index (χ2n) is 6.18. The molecule has 6 heteroatoms. The highest BCUT2D eigenvalue weighted by Gasteiger charge is 2.31. The molecule has 3 rings (SSSR count). The molecular formula is C21H20O5S. The molecule has 0 aromatic heterocycles. The predicted octanol–water partition coefficient (Wildman–Crippen LogP) is 4.72. The maximum absolute atomic E-state index is 12.7. The van der Waals surface area contributed by atoms with E-state index in [1.165, 1.54) is 18.2 Å². The van der Waals surface area contributed by atoms with Crippen LogP contribution < -0.4 is 4.74 Å². The van der Waals surface area contributed by atoms with Gasteiger partial charge in [0.15, 0.2) is 5.78 Å². The van der Waals surface area contributed by atoms with Crippen LogP contribution in [-0.2, 0) is 0 Å². The molecule has 1 aliphatic carbocycles. The van der Waals surface area contributed by atoms with E-state index in [0.29, 0.717) is 6.61 Å². The summed E-state index contributed by atoms with van der Waals surface area (Å²) in [4.78, 5) is 25.9. The molecule has 0 bridgehead atoms. The number of phenols is 2. The number of allylic oxidation sites excluding steroid dienone is 2. The lowest BCUT2D eigenvalue weighted by Gasteiger charge is -2.17. The smallest absolute Gasteiger partial charge is 0.204 e. The SMILES string of the molecule is CCCCCOc1ccc(SC2=CC(=O)c3c(O)ccc(O)c3C2=O)cc1. The summed E-state index contributed by atoms with van der Waals surface area (Å²) < 4.78 is 5.66. The zero-order valence-corrected chi connectivity index (χ0v) is 15.7.